The van der Waals surface area contributed by atoms with Crippen LogP contribution in [0, 0.1) is 0 Å². The average molecular weight is 225 g/mol. The van der Waals surface area contributed by atoms with Gasteiger partial charge in [-0.2, -0.15) is 0 Å². The molecule has 1 heterocycles. The van der Waals surface area contributed by atoms with Crippen LogP contribution in [0.3, 0.4) is 0 Å². The van der Waals surface area contributed by atoms with Crippen LogP contribution in [0.25, 0.3) is 10.8 Å². The van der Waals surface area contributed by atoms with Crippen molar-refractivity contribution in [3.63, 3.8) is 0 Å². The van der Waals surface area contributed by atoms with Gasteiger partial charge in [0.15, 0.2) is 0 Å². The van der Waals surface area contributed by atoms with Crippen molar-refractivity contribution >= 4 is 10.8 Å². The summed E-state index contributed by atoms with van der Waals surface area (Å²) in [6.07, 6.45) is 3.73. The SMILES string of the molecule is CCC1(c2ccc3ccccc3c2)CCCN1. The Hall–Kier alpha value is -1.34. The summed E-state index contributed by atoms with van der Waals surface area (Å²) in [5, 5.41) is 6.39. The fraction of sp³-hybridized carbons (Fsp3) is 0.375. The number of hydrogen-bond acceptors (Lipinski definition) is 1. The first-order chi connectivity index (χ1) is 8.34. The van der Waals surface area contributed by atoms with Crippen molar-refractivity contribution in [2.75, 3.05) is 6.54 Å². The van der Waals surface area contributed by atoms with Gasteiger partial charge in [0, 0.05) is 5.54 Å². The van der Waals surface area contributed by atoms with Crippen LogP contribution in [0.5, 0.6) is 0 Å². The molecule has 0 radical (unpaired) electrons. The van der Waals surface area contributed by atoms with E-state index >= 15 is 0 Å². The Morgan fingerprint density at radius 2 is 1.94 bits per heavy atom. The summed E-state index contributed by atoms with van der Waals surface area (Å²) in [4.78, 5) is 0. The quantitative estimate of drug-likeness (QED) is 0.819. The highest BCUT2D eigenvalue weighted by Gasteiger charge is 2.33. The largest absolute Gasteiger partial charge is 0.307 e. The lowest BCUT2D eigenvalue weighted by atomic mass is 9.85. The zero-order valence-corrected chi connectivity index (χ0v) is 10.4. The van der Waals surface area contributed by atoms with Crippen LogP contribution < -0.4 is 5.32 Å². The lowest BCUT2D eigenvalue weighted by Crippen LogP contribution is -2.35. The Bertz CT molecular complexity index is 524. The van der Waals surface area contributed by atoms with Crippen molar-refractivity contribution in [3.8, 4) is 0 Å². The Labute approximate surface area is 103 Å². The highest BCUT2D eigenvalue weighted by molar-refractivity contribution is 5.83. The fourth-order valence-electron chi connectivity index (χ4n) is 3.05. The van der Waals surface area contributed by atoms with Gasteiger partial charge in [-0.15, -0.1) is 0 Å². The summed E-state index contributed by atoms with van der Waals surface area (Å²) in [7, 11) is 0. The third-order valence-corrected chi connectivity index (χ3v) is 4.15. The molecule has 1 heteroatoms. The molecule has 0 spiro atoms. The van der Waals surface area contributed by atoms with Crippen LogP contribution in [-0.2, 0) is 5.54 Å². The van der Waals surface area contributed by atoms with Crippen LogP contribution >= 0.6 is 0 Å². The molecule has 1 nitrogen and oxygen atoms in total. The van der Waals surface area contributed by atoms with Crippen molar-refractivity contribution in [2.45, 2.75) is 31.7 Å². The number of fused-ring (bicyclic) bond motifs is 1. The van der Waals surface area contributed by atoms with Gasteiger partial charge in [-0.05, 0) is 48.2 Å². The van der Waals surface area contributed by atoms with Gasteiger partial charge in [0.2, 0.25) is 0 Å². The fourth-order valence-corrected chi connectivity index (χ4v) is 3.05. The number of nitrogens with one attached hydrogen (secondary N) is 1. The van der Waals surface area contributed by atoms with Crippen molar-refractivity contribution in [1.29, 1.82) is 0 Å². The normalized spacial score (nSPS) is 24.3. The van der Waals surface area contributed by atoms with Crippen molar-refractivity contribution in [2.24, 2.45) is 0 Å². The smallest absolute Gasteiger partial charge is 0.0432 e. The van der Waals surface area contributed by atoms with Gasteiger partial charge in [-0.3, -0.25) is 0 Å². The Kier molecular flexibility index (Phi) is 2.64. The van der Waals surface area contributed by atoms with Gasteiger partial charge >= 0.3 is 0 Å². The second-order valence-electron chi connectivity index (χ2n) is 5.03. The lowest BCUT2D eigenvalue weighted by Gasteiger charge is -2.29. The summed E-state index contributed by atoms with van der Waals surface area (Å²) in [5.74, 6) is 0. The molecule has 1 aliphatic rings. The highest BCUT2D eigenvalue weighted by atomic mass is 15.0. The van der Waals surface area contributed by atoms with Gasteiger partial charge in [-0.25, -0.2) is 0 Å². The topological polar surface area (TPSA) is 12.0 Å². The maximum atomic E-state index is 3.70. The van der Waals surface area contributed by atoms with Crippen LogP contribution in [0.2, 0.25) is 0 Å². The minimum absolute atomic E-state index is 0.226. The molecule has 3 rings (SSSR count). The molecule has 1 aliphatic heterocycles. The first-order valence-corrected chi connectivity index (χ1v) is 6.58. The lowest BCUT2D eigenvalue weighted by molar-refractivity contribution is 0.376. The Morgan fingerprint density at radius 1 is 1.12 bits per heavy atom. The molecule has 2 aromatic carbocycles. The van der Waals surface area contributed by atoms with Crippen molar-refractivity contribution in [1.82, 2.24) is 5.32 Å². The summed E-state index contributed by atoms with van der Waals surface area (Å²) < 4.78 is 0. The van der Waals surface area contributed by atoms with Crippen LogP contribution in [0.15, 0.2) is 42.5 Å². The predicted octanol–water partition coefficient (Wildman–Crippen LogP) is 3.83. The number of benzene rings is 2. The summed E-state index contributed by atoms with van der Waals surface area (Å²) in [5.41, 5.74) is 1.68. The van der Waals surface area contributed by atoms with E-state index in [-0.39, 0.29) is 5.54 Å². The highest BCUT2D eigenvalue weighted by Crippen LogP contribution is 2.35. The first-order valence-electron chi connectivity index (χ1n) is 6.58. The molecule has 0 aliphatic carbocycles. The number of hydrogen-bond donors (Lipinski definition) is 1. The van der Waals surface area contributed by atoms with Crippen LogP contribution in [-0.4, -0.2) is 6.54 Å². The Balaban J connectivity index is 2.10. The molecule has 1 fully saturated rings. The maximum absolute atomic E-state index is 3.70. The molecule has 1 N–H and O–H groups in total. The zero-order valence-electron chi connectivity index (χ0n) is 10.4. The van der Waals surface area contributed by atoms with Crippen molar-refractivity contribution < 1.29 is 0 Å². The van der Waals surface area contributed by atoms with Crippen LogP contribution in [0.4, 0.5) is 0 Å². The average Bonchev–Trinajstić information content (AvgIpc) is 2.88. The molecule has 0 amide bonds. The molecule has 2 aromatic rings. The molecule has 1 saturated heterocycles. The summed E-state index contributed by atoms with van der Waals surface area (Å²) >= 11 is 0. The molecule has 1 atom stereocenters. The standard InChI is InChI=1S/C16H19N/c1-2-16(10-5-11-17-16)15-9-8-13-6-3-4-7-14(13)12-15/h3-4,6-9,12,17H,2,5,10-11H2,1H3. The monoisotopic (exact) mass is 225 g/mol. The van der Waals surface area contributed by atoms with E-state index in [9.17, 15) is 0 Å². The summed E-state index contributed by atoms with van der Waals surface area (Å²) in [6.45, 7) is 3.44. The van der Waals surface area contributed by atoms with Gasteiger partial charge in [0.05, 0.1) is 0 Å². The molecule has 88 valence electrons. The van der Waals surface area contributed by atoms with E-state index in [0.29, 0.717) is 0 Å². The minimum Gasteiger partial charge on any atom is -0.307 e. The second kappa shape index (κ2) is 4.15. The zero-order chi connectivity index (χ0) is 11.7. The van der Waals surface area contributed by atoms with E-state index in [1.54, 1.807) is 0 Å². The van der Waals surface area contributed by atoms with Gasteiger partial charge < -0.3 is 5.32 Å². The van der Waals surface area contributed by atoms with Gasteiger partial charge in [0.1, 0.15) is 0 Å². The van der Waals surface area contributed by atoms with E-state index in [1.165, 1.54) is 35.6 Å². The minimum atomic E-state index is 0.226. The second-order valence-corrected chi connectivity index (χ2v) is 5.03. The van der Waals surface area contributed by atoms with Gasteiger partial charge in [0.25, 0.3) is 0 Å². The molecular formula is C16H19N. The summed E-state index contributed by atoms with van der Waals surface area (Å²) in [6, 6.07) is 15.5. The third kappa shape index (κ3) is 1.75. The molecule has 0 saturated carbocycles. The maximum Gasteiger partial charge on any atom is 0.0432 e. The Morgan fingerprint density at radius 3 is 2.65 bits per heavy atom. The van der Waals surface area contributed by atoms with E-state index < -0.39 is 0 Å². The van der Waals surface area contributed by atoms with E-state index in [2.05, 4.69) is 54.7 Å². The molecule has 17 heavy (non-hydrogen) atoms. The predicted molar refractivity (Wildman–Crippen MR) is 73.2 cm³/mol. The van der Waals surface area contributed by atoms with E-state index in [0.717, 1.165) is 6.54 Å². The molecule has 0 bridgehead atoms. The van der Waals surface area contributed by atoms with Gasteiger partial charge in [-0.1, -0.05) is 43.3 Å². The van der Waals surface area contributed by atoms with Crippen LogP contribution in [0.1, 0.15) is 31.7 Å². The van der Waals surface area contributed by atoms with Crippen molar-refractivity contribution in [3.05, 3.63) is 48.0 Å². The third-order valence-electron chi connectivity index (χ3n) is 4.15. The molecule has 1 unspecified atom stereocenters. The van der Waals surface area contributed by atoms with E-state index in [4.69, 9.17) is 0 Å². The molecule has 0 aromatic heterocycles. The molecular weight excluding hydrogens is 206 g/mol. The first kappa shape index (κ1) is 10.8. The number of rotatable bonds is 2. The van der Waals surface area contributed by atoms with E-state index in [1.807, 2.05) is 0 Å².